The summed E-state index contributed by atoms with van der Waals surface area (Å²) >= 11 is 5.99. The average Bonchev–Trinajstić information content (AvgIpc) is 2.37. The van der Waals surface area contributed by atoms with Crippen molar-refractivity contribution in [1.29, 1.82) is 0 Å². The van der Waals surface area contributed by atoms with Gasteiger partial charge in [0.15, 0.2) is 0 Å². The Morgan fingerprint density at radius 2 is 2.00 bits per heavy atom. The molecule has 4 nitrogen and oxygen atoms in total. The molecule has 108 valence electrons. The first-order chi connectivity index (χ1) is 8.81. The van der Waals surface area contributed by atoms with E-state index in [4.69, 9.17) is 17.3 Å². The van der Waals surface area contributed by atoms with Crippen molar-refractivity contribution in [3.8, 4) is 0 Å². The fourth-order valence-electron chi connectivity index (χ4n) is 1.64. The summed E-state index contributed by atoms with van der Waals surface area (Å²) in [6, 6.07) is 4.49. The summed E-state index contributed by atoms with van der Waals surface area (Å²) in [5, 5.41) is 0.376. The Balaban J connectivity index is 2.98. The number of nitrogens with two attached hydrogens (primary N) is 1. The van der Waals surface area contributed by atoms with E-state index in [-0.39, 0.29) is 23.4 Å². The van der Waals surface area contributed by atoms with Gasteiger partial charge in [-0.15, -0.1) is 0 Å². The van der Waals surface area contributed by atoms with Crippen molar-refractivity contribution < 1.29 is 8.42 Å². The maximum absolute atomic E-state index is 12.2. The van der Waals surface area contributed by atoms with Gasteiger partial charge in [-0.1, -0.05) is 37.9 Å². The fourth-order valence-corrected chi connectivity index (χ4v) is 3.34. The van der Waals surface area contributed by atoms with Crippen LogP contribution in [0.4, 0.5) is 0 Å². The topological polar surface area (TPSA) is 72.2 Å². The van der Waals surface area contributed by atoms with Crippen molar-refractivity contribution >= 4 is 21.6 Å². The molecular weight excluding hydrogens is 284 g/mol. The third-order valence-corrected chi connectivity index (χ3v) is 5.30. The lowest BCUT2D eigenvalue weighted by Gasteiger charge is -2.20. The Kier molecular flexibility index (Phi) is 5.80. The molecule has 0 aromatic heterocycles. The summed E-state index contributed by atoms with van der Waals surface area (Å²) in [5.74, 6) is 0.272. The van der Waals surface area contributed by atoms with Crippen LogP contribution in [0.2, 0.25) is 5.02 Å². The van der Waals surface area contributed by atoms with Gasteiger partial charge >= 0.3 is 0 Å². The van der Waals surface area contributed by atoms with E-state index >= 15 is 0 Å². The van der Waals surface area contributed by atoms with Crippen LogP contribution >= 0.6 is 11.6 Å². The highest BCUT2D eigenvalue weighted by molar-refractivity contribution is 7.89. The molecule has 0 aliphatic carbocycles. The third-order valence-electron chi connectivity index (χ3n) is 3.39. The average molecular weight is 305 g/mol. The Hall–Kier alpha value is -0.620. The first-order valence-electron chi connectivity index (χ1n) is 6.32. The second-order valence-corrected chi connectivity index (χ2v) is 6.87. The lowest BCUT2D eigenvalue weighted by molar-refractivity contribution is 0.434. The van der Waals surface area contributed by atoms with Crippen LogP contribution in [-0.4, -0.2) is 14.5 Å². The van der Waals surface area contributed by atoms with E-state index < -0.39 is 10.0 Å². The van der Waals surface area contributed by atoms with E-state index in [2.05, 4.69) is 4.72 Å². The van der Waals surface area contributed by atoms with E-state index in [0.29, 0.717) is 5.02 Å². The number of sulfonamides is 1. The van der Waals surface area contributed by atoms with Gasteiger partial charge in [0.1, 0.15) is 0 Å². The molecule has 0 spiro atoms. The molecule has 3 N–H and O–H groups in total. The lowest BCUT2D eigenvalue weighted by Crippen LogP contribution is -2.36. The number of benzene rings is 1. The fraction of sp³-hybridized carbons (Fsp3) is 0.538. The highest BCUT2D eigenvalue weighted by Crippen LogP contribution is 2.21. The second-order valence-electron chi connectivity index (χ2n) is 4.75. The van der Waals surface area contributed by atoms with E-state index in [0.717, 1.165) is 12.0 Å². The molecule has 0 aliphatic heterocycles. The summed E-state index contributed by atoms with van der Waals surface area (Å²) in [5.41, 5.74) is 6.23. The van der Waals surface area contributed by atoms with Gasteiger partial charge in [0.25, 0.3) is 0 Å². The minimum Gasteiger partial charge on any atom is -0.326 e. The maximum Gasteiger partial charge on any atom is 0.240 e. The smallest absolute Gasteiger partial charge is 0.240 e. The largest absolute Gasteiger partial charge is 0.326 e. The van der Waals surface area contributed by atoms with Gasteiger partial charge in [-0.05, 0) is 30.5 Å². The van der Waals surface area contributed by atoms with Crippen LogP contribution in [0, 0.1) is 5.92 Å². The molecule has 19 heavy (non-hydrogen) atoms. The van der Waals surface area contributed by atoms with Crippen molar-refractivity contribution in [3.05, 3.63) is 28.8 Å². The Bertz CT molecular complexity index is 531. The van der Waals surface area contributed by atoms with Crippen LogP contribution in [0.3, 0.4) is 0 Å². The summed E-state index contributed by atoms with van der Waals surface area (Å²) in [6.45, 7) is 6.19. The van der Waals surface area contributed by atoms with Gasteiger partial charge in [-0.25, -0.2) is 13.1 Å². The highest BCUT2D eigenvalue weighted by Gasteiger charge is 2.21. The van der Waals surface area contributed by atoms with Gasteiger partial charge in [0, 0.05) is 17.6 Å². The SMILES string of the molecule is CCC(C)C(C)NS(=O)(=O)c1ccc(CN)c(Cl)c1. The lowest BCUT2D eigenvalue weighted by atomic mass is 10.0. The summed E-state index contributed by atoms with van der Waals surface area (Å²) < 4.78 is 27.1. The van der Waals surface area contributed by atoms with Gasteiger partial charge < -0.3 is 5.73 Å². The van der Waals surface area contributed by atoms with Crippen LogP contribution < -0.4 is 10.5 Å². The minimum atomic E-state index is -3.54. The van der Waals surface area contributed by atoms with Crippen molar-refractivity contribution in [3.63, 3.8) is 0 Å². The van der Waals surface area contributed by atoms with Gasteiger partial charge in [0.05, 0.1) is 4.90 Å². The molecule has 1 rings (SSSR count). The van der Waals surface area contributed by atoms with Gasteiger partial charge in [-0.2, -0.15) is 0 Å². The zero-order valence-corrected chi connectivity index (χ0v) is 13.1. The number of rotatable bonds is 6. The molecular formula is C13H21ClN2O2S. The predicted octanol–water partition coefficient (Wildman–Crippen LogP) is 2.51. The van der Waals surface area contributed by atoms with Crippen molar-refractivity contribution in [2.24, 2.45) is 11.7 Å². The molecule has 0 fully saturated rings. The van der Waals surface area contributed by atoms with Crippen LogP contribution in [0.1, 0.15) is 32.8 Å². The number of nitrogens with one attached hydrogen (secondary N) is 1. The molecule has 2 unspecified atom stereocenters. The Labute approximate surface area is 120 Å². The summed E-state index contributed by atoms with van der Waals surface area (Å²) in [4.78, 5) is 0.171. The molecule has 1 aromatic carbocycles. The molecule has 0 bridgehead atoms. The second kappa shape index (κ2) is 6.70. The van der Waals surface area contributed by atoms with Crippen molar-refractivity contribution in [2.75, 3.05) is 0 Å². The van der Waals surface area contributed by atoms with Crippen molar-refractivity contribution in [1.82, 2.24) is 4.72 Å². The number of hydrogen-bond acceptors (Lipinski definition) is 3. The van der Waals surface area contributed by atoms with E-state index in [1.54, 1.807) is 6.07 Å². The van der Waals surface area contributed by atoms with E-state index in [1.807, 2.05) is 20.8 Å². The highest BCUT2D eigenvalue weighted by atomic mass is 35.5. The maximum atomic E-state index is 12.2. The normalized spacial score (nSPS) is 15.2. The molecule has 2 atom stereocenters. The Morgan fingerprint density at radius 1 is 1.37 bits per heavy atom. The standard InChI is InChI=1S/C13H21ClN2O2S/c1-4-9(2)10(3)16-19(17,18)12-6-5-11(8-15)13(14)7-12/h5-7,9-10,16H,4,8,15H2,1-3H3. The molecule has 1 aromatic rings. The Morgan fingerprint density at radius 3 is 2.47 bits per heavy atom. The van der Waals surface area contributed by atoms with Crippen LogP contribution in [0.5, 0.6) is 0 Å². The van der Waals surface area contributed by atoms with Gasteiger partial charge in [-0.3, -0.25) is 0 Å². The molecule has 0 radical (unpaired) electrons. The van der Waals surface area contributed by atoms with Crippen LogP contribution in [0.15, 0.2) is 23.1 Å². The predicted molar refractivity (Wildman–Crippen MR) is 78.6 cm³/mol. The third kappa shape index (κ3) is 4.18. The zero-order valence-electron chi connectivity index (χ0n) is 11.5. The molecule has 0 aliphatic rings. The monoisotopic (exact) mass is 304 g/mol. The van der Waals surface area contributed by atoms with Crippen LogP contribution in [0.25, 0.3) is 0 Å². The molecule has 0 saturated carbocycles. The first kappa shape index (κ1) is 16.4. The number of hydrogen-bond donors (Lipinski definition) is 2. The zero-order chi connectivity index (χ0) is 14.6. The van der Waals surface area contributed by atoms with E-state index in [1.165, 1.54) is 12.1 Å². The molecule has 0 amide bonds. The molecule has 0 heterocycles. The minimum absolute atomic E-state index is 0.122. The number of halogens is 1. The summed E-state index contributed by atoms with van der Waals surface area (Å²) in [7, 11) is -3.54. The first-order valence-corrected chi connectivity index (χ1v) is 8.18. The molecule has 0 saturated heterocycles. The van der Waals surface area contributed by atoms with E-state index in [9.17, 15) is 8.42 Å². The van der Waals surface area contributed by atoms with Gasteiger partial charge in [0.2, 0.25) is 10.0 Å². The van der Waals surface area contributed by atoms with Crippen molar-refractivity contribution in [2.45, 2.75) is 44.7 Å². The quantitative estimate of drug-likeness (QED) is 0.848. The molecule has 6 heteroatoms. The van der Waals surface area contributed by atoms with Crippen LogP contribution in [-0.2, 0) is 16.6 Å². The summed E-state index contributed by atoms with van der Waals surface area (Å²) in [6.07, 6.45) is 0.913.